The number of alkyl halides is 5. The molecule has 1 aromatic heterocycles. The fourth-order valence-corrected chi connectivity index (χ4v) is 2.18. The maximum absolute atomic E-state index is 13.5. The molecule has 0 amide bonds. The highest BCUT2D eigenvalue weighted by Crippen LogP contribution is 2.35. The molecule has 0 aliphatic rings. The number of halogens is 6. The summed E-state index contributed by atoms with van der Waals surface area (Å²) in [5.41, 5.74) is -1.45. The minimum absolute atomic E-state index is 0.000713. The second-order valence-corrected chi connectivity index (χ2v) is 5.85. The lowest BCUT2D eigenvalue weighted by atomic mass is 10.1. The van der Waals surface area contributed by atoms with Crippen LogP contribution in [0.25, 0.3) is 0 Å². The van der Waals surface area contributed by atoms with Gasteiger partial charge >= 0.3 is 12.2 Å². The summed E-state index contributed by atoms with van der Waals surface area (Å²) in [5, 5.41) is 3.25. The summed E-state index contributed by atoms with van der Waals surface area (Å²) in [6.45, 7) is 0.295. The molecule has 0 spiro atoms. The van der Waals surface area contributed by atoms with E-state index in [0.29, 0.717) is 13.0 Å². The van der Waals surface area contributed by atoms with E-state index in [9.17, 15) is 22.0 Å². The van der Waals surface area contributed by atoms with Crippen molar-refractivity contribution >= 4 is 29.2 Å². The molecule has 2 rings (SSSR count). The van der Waals surface area contributed by atoms with Crippen LogP contribution in [0.5, 0.6) is 6.01 Å². The first kappa shape index (κ1) is 21.5. The molecular weight excluding hydrogens is 409 g/mol. The average Bonchev–Trinajstić information content (AvgIpc) is 2.61. The number of aromatic nitrogens is 2. The van der Waals surface area contributed by atoms with Crippen molar-refractivity contribution in [2.45, 2.75) is 19.0 Å². The van der Waals surface area contributed by atoms with Crippen LogP contribution in [-0.2, 0) is 12.1 Å². The van der Waals surface area contributed by atoms with Gasteiger partial charge in [0.1, 0.15) is 12.3 Å². The van der Waals surface area contributed by atoms with E-state index in [4.69, 9.17) is 22.2 Å². The predicted molar refractivity (Wildman–Crippen MR) is 93.3 cm³/mol. The van der Waals surface area contributed by atoms with Crippen molar-refractivity contribution in [2.75, 3.05) is 6.61 Å². The summed E-state index contributed by atoms with van der Waals surface area (Å²) in [6, 6.07) is 3.88. The number of nitrogens with zero attached hydrogens (tertiary/aromatic N) is 4. The molecule has 0 saturated heterocycles. The van der Waals surface area contributed by atoms with Gasteiger partial charge in [0.25, 0.3) is 5.92 Å². The lowest BCUT2D eigenvalue weighted by molar-refractivity contribution is -0.141. The minimum Gasteiger partial charge on any atom is -0.457 e. The summed E-state index contributed by atoms with van der Waals surface area (Å²) < 4.78 is 69.8. The Morgan fingerprint density at radius 3 is 2.57 bits per heavy atom. The SMILES string of the molecule is CC(F)(F)c1cc(N=CC(COc2nccc(C(F)(F)F)n2)=NN)ccc1Cl. The Morgan fingerprint density at radius 2 is 1.96 bits per heavy atom. The van der Waals surface area contributed by atoms with Crippen LogP contribution < -0.4 is 10.6 Å². The van der Waals surface area contributed by atoms with Gasteiger partial charge in [0, 0.05) is 23.7 Å². The molecule has 0 bridgehead atoms. The zero-order chi connectivity index (χ0) is 20.9. The second kappa shape index (κ2) is 8.46. The molecule has 150 valence electrons. The molecule has 0 aliphatic heterocycles. The van der Waals surface area contributed by atoms with Gasteiger partial charge in [-0.05, 0) is 24.3 Å². The minimum atomic E-state index is -4.65. The maximum atomic E-state index is 13.5. The summed E-state index contributed by atoms with van der Waals surface area (Å²) in [6.07, 6.45) is -2.66. The Bertz CT molecular complexity index is 896. The van der Waals surface area contributed by atoms with E-state index < -0.39 is 36.0 Å². The van der Waals surface area contributed by atoms with Crippen LogP contribution >= 0.6 is 11.6 Å². The lowest BCUT2D eigenvalue weighted by Gasteiger charge is -2.12. The van der Waals surface area contributed by atoms with Gasteiger partial charge in [-0.25, -0.2) is 13.8 Å². The predicted octanol–water partition coefficient (Wildman–Crippen LogP) is 4.36. The number of nitrogens with two attached hydrogens (primary N) is 1. The zero-order valence-electron chi connectivity index (χ0n) is 14.2. The molecule has 0 radical (unpaired) electrons. The Morgan fingerprint density at radius 1 is 1.25 bits per heavy atom. The molecule has 2 N–H and O–H groups in total. The fourth-order valence-electron chi connectivity index (χ4n) is 1.89. The van der Waals surface area contributed by atoms with E-state index in [1.165, 1.54) is 12.1 Å². The summed E-state index contributed by atoms with van der Waals surface area (Å²) in [4.78, 5) is 10.7. The quantitative estimate of drug-likeness (QED) is 0.325. The zero-order valence-corrected chi connectivity index (χ0v) is 15.0. The average molecular weight is 422 g/mol. The Hall–Kier alpha value is -2.82. The highest BCUT2D eigenvalue weighted by Gasteiger charge is 2.33. The van der Waals surface area contributed by atoms with Crippen molar-refractivity contribution in [3.05, 3.63) is 46.7 Å². The van der Waals surface area contributed by atoms with Gasteiger partial charge < -0.3 is 10.6 Å². The third-order valence-corrected chi connectivity index (χ3v) is 3.55. The molecule has 0 atom stereocenters. The summed E-state index contributed by atoms with van der Waals surface area (Å²) >= 11 is 5.74. The first-order chi connectivity index (χ1) is 13.0. The van der Waals surface area contributed by atoms with Gasteiger partial charge in [-0.2, -0.15) is 23.3 Å². The standard InChI is InChI=1S/C16H13ClF5N5O/c1-15(18,19)11-6-9(2-3-12(11)17)25-7-10(27-23)8-28-14-24-5-4-13(26-14)16(20,21)22/h2-7H,8,23H2,1H3. The van der Waals surface area contributed by atoms with Crippen LogP contribution in [0.1, 0.15) is 18.2 Å². The van der Waals surface area contributed by atoms with Crippen LogP contribution in [0.15, 0.2) is 40.6 Å². The number of benzene rings is 1. The first-order valence-electron chi connectivity index (χ1n) is 7.52. The Kier molecular flexibility index (Phi) is 6.49. The third-order valence-electron chi connectivity index (χ3n) is 3.22. The maximum Gasteiger partial charge on any atom is 0.433 e. The highest BCUT2D eigenvalue weighted by atomic mass is 35.5. The summed E-state index contributed by atoms with van der Waals surface area (Å²) in [7, 11) is 0. The first-order valence-corrected chi connectivity index (χ1v) is 7.90. The van der Waals surface area contributed by atoms with E-state index in [1.807, 2.05) is 0 Å². The number of aliphatic imine (C=N–C) groups is 1. The van der Waals surface area contributed by atoms with Crippen molar-refractivity contribution in [3.63, 3.8) is 0 Å². The molecular formula is C16H13ClF5N5O. The van der Waals surface area contributed by atoms with Crippen molar-refractivity contribution in [1.29, 1.82) is 0 Å². The van der Waals surface area contributed by atoms with Crippen molar-refractivity contribution in [1.82, 2.24) is 9.97 Å². The number of ether oxygens (including phenoxy) is 1. The molecule has 0 unspecified atom stereocenters. The Labute approximate surface area is 160 Å². The topological polar surface area (TPSA) is 85.8 Å². The van der Waals surface area contributed by atoms with Crippen molar-refractivity contribution < 1.29 is 26.7 Å². The molecule has 2 aromatic rings. The second-order valence-electron chi connectivity index (χ2n) is 5.44. The van der Waals surface area contributed by atoms with Crippen molar-refractivity contribution in [2.24, 2.45) is 15.9 Å². The smallest absolute Gasteiger partial charge is 0.433 e. The number of rotatable bonds is 6. The van der Waals surface area contributed by atoms with Gasteiger partial charge in [-0.15, -0.1) is 0 Å². The van der Waals surface area contributed by atoms with E-state index in [0.717, 1.165) is 18.5 Å². The lowest BCUT2D eigenvalue weighted by Crippen LogP contribution is -2.17. The molecule has 28 heavy (non-hydrogen) atoms. The number of hydrazone groups is 1. The van der Waals surface area contributed by atoms with Gasteiger partial charge in [-0.1, -0.05) is 11.6 Å². The van der Waals surface area contributed by atoms with Crippen molar-refractivity contribution in [3.8, 4) is 6.01 Å². The van der Waals surface area contributed by atoms with Crippen LogP contribution in [0.3, 0.4) is 0 Å². The highest BCUT2D eigenvalue weighted by molar-refractivity contribution is 6.32. The molecule has 1 aromatic carbocycles. The van der Waals surface area contributed by atoms with Gasteiger partial charge in [0.2, 0.25) is 0 Å². The fraction of sp³-hybridized carbons (Fsp3) is 0.250. The van der Waals surface area contributed by atoms with E-state index in [2.05, 4.69) is 20.1 Å². The largest absolute Gasteiger partial charge is 0.457 e. The monoisotopic (exact) mass is 421 g/mol. The van der Waals surface area contributed by atoms with Crippen LogP contribution in [-0.4, -0.2) is 28.5 Å². The van der Waals surface area contributed by atoms with E-state index in [1.54, 1.807) is 0 Å². The van der Waals surface area contributed by atoms with Crippen LogP contribution in [0.4, 0.5) is 27.6 Å². The Balaban J connectivity index is 2.10. The van der Waals surface area contributed by atoms with Gasteiger partial charge in [-0.3, -0.25) is 4.99 Å². The third kappa shape index (κ3) is 5.84. The van der Waals surface area contributed by atoms with Gasteiger partial charge in [0.05, 0.1) is 11.9 Å². The van der Waals surface area contributed by atoms with Crippen LogP contribution in [0.2, 0.25) is 5.02 Å². The van der Waals surface area contributed by atoms with E-state index in [-0.39, 0.29) is 16.4 Å². The van der Waals surface area contributed by atoms with Crippen LogP contribution in [0, 0.1) is 0 Å². The number of hydrogen-bond donors (Lipinski definition) is 1. The molecule has 12 heteroatoms. The molecule has 0 aliphatic carbocycles. The molecule has 0 fully saturated rings. The molecule has 1 heterocycles. The van der Waals surface area contributed by atoms with E-state index >= 15 is 0 Å². The van der Waals surface area contributed by atoms with Gasteiger partial charge in [0.15, 0.2) is 5.69 Å². The molecule has 6 nitrogen and oxygen atoms in total. The summed E-state index contributed by atoms with van der Waals surface area (Å²) in [5.74, 6) is 2.01. The molecule has 0 saturated carbocycles. The number of hydrogen-bond acceptors (Lipinski definition) is 6. The normalized spacial score (nSPS) is 13.2.